The van der Waals surface area contributed by atoms with Crippen LogP contribution in [0.3, 0.4) is 0 Å². The van der Waals surface area contributed by atoms with E-state index in [2.05, 4.69) is 58.3 Å². The van der Waals surface area contributed by atoms with Gasteiger partial charge in [0.05, 0.1) is 6.04 Å². The van der Waals surface area contributed by atoms with E-state index in [4.69, 9.17) is 5.73 Å². The van der Waals surface area contributed by atoms with Crippen LogP contribution in [0.5, 0.6) is 0 Å². The zero-order valence-corrected chi connectivity index (χ0v) is 12.7. The van der Waals surface area contributed by atoms with Gasteiger partial charge in [0, 0.05) is 12.7 Å². The minimum absolute atomic E-state index is 0.284. The van der Waals surface area contributed by atoms with E-state index in [1.165, 1.54) is 5.56 Å². The van der Waals surface area contributed by atoms with E-state index in [1.54, 1.807) is 12.3 Å². The van der Waals surface area contributed by atoms with E-state index in [0.717, 1.165) is 19.6 Å². The van der Waals surface area contributed by atoms with E-state index in [-0.39, 0.29) is 6.04 Å². The van der Waals surface area contributed by atoms with Gasteiger partial charge in [0.1, 0.15) is 5.82 Å². The van der Waals surface area contributed by atoms with Gasteiger partial charge in [-0.25, -0.2) is 4.98 Å². The Balaban J connectivity index is 2.13. The molecule has 1 aromatic carbocycles. The van der Waals surface area contributed by atoms with Crippen molar-refractivity contribution in [3.63, 3.8) is 0 Å². The number of nitrogens with one attached hydrogen (secondary N) is 1. The second kappa shape index (κ2) is 7.59. The molecule has 5 nitrogen and oxygen atoms in total. The van der Waals surface area contributed by atoms with E-state index in [9.17, 15) is 0 Å². The maximum Gasteiger partial charge on any atom is 0.224 e. The summed E-state index contributed by atoms with van der Waals surface area (Å²) >= 11 is 0. The van der Waals surface area contributed by atoms with Gasteiger partial charge in [0.2, 0.25) is 5.95 Å². The van der Waals surface area contributed by atoms with Gasteiger partial charge in [-0.2, -0.15) is 4.98 Å². The molecule has 0 aliphatic carbocycles. The van der Waals surface area contributed by atoms with E-state index in [0.29, 0.717) is 11.8 Å². The Morgan fingerprint density at radius 2 is 1.86 bits per heavy atom. The molecule has 0 aliphatic rings. The van der Waals surface area contributed by atoms with Crippen LogP contribution in [0.15, 0.2) is 42.6 Å². The summed E-state index contributed by atoms with van der Waals surface area (Å²) in [6.07, 6.45) is 1.67. The van der Waals surface area contributed by atoms with Crippen LogP contribution < -0.4 is 11.1 Å². The smallest absolute Gasteiger partial charge is 0.224 e. The van der Waals surface area contributed by atoms with Crippen molar-refractivity contribution < 1.29 is 0 Å². The highest BCUT2D eigenvalue weighted by molar-refractivity contribution is 5.35. The maximum atomic E-state index is 5.69. The van der Waals surface area contributed by atoms with E-state index < -0.39 is 0 Å². The summed E-state index contributed by atoms with van der Waals surface area (Å²) in [4.78, 5) is 10.8. The fourth-order valence-electron chi connectivity index (χ4n) is 2.44. The number of aromatic nitrogens is 2. The van der Waals surface area contributed by atoms with Crippen molar-refractivity contribution in [2.75, 3.05) is 30.7 Å². The lowest BCUT2D eigenvalue weighted by molar-refractivity contribution is 0.228. The Morgan fingerprint density at radius 3 is 2.48 bits per heavy atom. The average Bonchev–Trinajstić information content (AvgIpc) is 2.52. The molecule has 0 radical (unpaired) electrons. The third-order valence-corrected chi connectivity index (χ3v) is 3.57. The first-order valence-electron chi connectivity index (χ1n) is 7.36. The first kappa shape index (κ1) is 15.3. The number of likely N-dealkylation sites (N-methyl/N-ethyl adjacent to an activating group) is 1. The minimum Gasteiger partial charge on any atom is -0.384 e. The first-order valence-corrected chi connectivity index (χ1v) is 7.36. The van der Waals surface area contributed by atoms with Crippen LogP contribution in [0.1, 0.15) is 25.5 Å². The Hall–Kier alpha value is -2.14. The van der Waals surface area contributed by atoms with Crippen molar-refractivity contribution in [2.45, 2.75) is 19.9 Å². The lowest BCUT2D eigenvalue weighted by atomic mass is 10.1. The molecule has 0 fully saturated rings. The van der Waals surface area contributed by atoms with Crippen LogP contribution in [0, 0.1) is 0 Å². The second-order valence-corrected chi connectivity index (χ2v) is 4.83. The molecule has 0 amide bonds. The monoisotopic (exact) mass is 285 g/mol. The summed E-state index contributed by atoms with van der Waals surface area (Å²) in [5, 5.41) is 3.29. The predicted molar refractivity (Wildman–Crippen MR) is 87.0 cm³/mol. The summed E-state index contributed by atoms with van der Waals surface area (Å²) in [6, 6.07) is 12.5. The molecule has 0 bridgehead atoms. The van der Waals surface area contributed by atoms with E-state index in [1.807, 2.05) is 6.07 Å². The zero-order valence-electron chi connectivity index (χ0n) is 12.7. The number of anilines is 2. The molecule has 1 atom stereocenters. The maximum absolute atomic E-state index is 5.69. The number of rotatable bonds is 7. The summed E-state index contributed by atoms with van der Waals surface area (Å²) in [6.45, 7) is 7.09. The summed E-state index contributed by atoms with van der Waals surface area (Å²) in [7, 11) is 0. The Labute approximate surface area is 126 Å². The lowest BCUT2D eigenvalue weighted by Gasteiger charge is -2.30. The fraction of sp³-hybridized carbons (Fsp3) is 0.375. The van der Waals surface area contributed by atoms with Crippen LogP contribution in [0.2, 0.25) is 0 Å². The Morgan fingerprint density at radius 1 is 1.14 bits per heavy atom. The fourth-order valence-corrected chi connectivity index (χ4v) is 2.44. The van der Waals surface area contributed by atoms with Crippen molar-refractivity contribution >= 4 is 11.8 Å². The average molecular weight is 285 g/mol. The van der Waals surface area contributed by atoms with Crippen molar-refractivity contribution in [2.24, 2.45) is 0 Å². The third kappa shape index (κ3) is 4.16. The second-order valence-electron chi connectivity index (χ2n) is 4.83. The largest absolute Gasteiger partial charge is 0.384 e. The molecule has 0 saturated heterocycles. The molecule has 1 aromatic heterocycles. The molecular weight excluding hydrogens is 262 g/mol. The van der Waals surface area contributed by atoms with Gasteiger partial charge in [0.15, 0.2) is 0 Å². The van der Waals surface area contributed by atoms with E-state index >= 15 is 0 Å². The number of nitrogens with two attached hydrogens (primary N) is 1. The van der Waals surface area contributed by atoms with Gasteiger partial charge in [-0.1, -0.05) is 44.2 Å². The highest BCUT2D eigenvalue weighted by Gasteiger charge is 2.17. The van der Waals surface area contributed by atoms with Crippen LogP contribution in [-0.4, -0.2) is 34.5 Å². The van der Waals surface area contributed by atoms with Gasteiger partial charge in [-0.3, -0.25) is 4.90 Å². The van der Waals surface area contributed by atoms with Gasteiger partial charge < -0.3 is 11.1 Å². The van der Waals surface area contributed by atoms with Crippen molar-refractivity contribution in [1.29, 1.82) is 0 Å². The van der Waals surface area contributed by atoms with Crippen LogP contribution in [-0.2, 0) is 0 Å². The molecule has 0 spiro atoms. The van der Waals surface area contributed by atoms with Crippen LogP contribution >= 0.6 is 0 Å². The van der Waals surface area contributed by atoms with Crippen LogP contribution in [0.25, 0.3) is 0 Å². The van der Waals surface area contributed by atoms with Crippen LogP contribution in [0.4, 0.5) is 11.8 Å². The SMILES string of the molecule is CCN(CC)C(CNc1nccc(N)n1)c1ccccc1. The molecule has 2 aromatic rings. The predicted octanol–water partition coefficient (Wildman–Crippen LogP) is 2.55. The quantitative estimate of drug-likeness (QED) is 0.818. The Kier molecular flexibility index (Phi) is 5.51. The Bertz CT molecular complexity index is 539. The van der Waals surface area contributed by atoms with Crippen molar-refractivity contribution in [3.8, 4) is 0 Å². The molecule has 1 unspecified atom stereocenters. The molecule has 112 valence electrons. The molecule has 0 aliphatic heterocycles. The standard InChI is InChI=1S/C16H23N5/c1-3-21(4-2)14(13-8-6-5-7-9-13)12-19-16-18-11-10-15(17)20-16/h5-11,14H,3-4,12H2,1-2H3,(H3,17,18,19,20). The van der Waals surface area contributed by atoms with Crippen molar-refractivity contribution in [3.05, 3.63) is 48.2 Å². The molecule has 3 N–H and O–H groups in total. The number of benzene rings is 1. The molecule has 2 rings (SSSR count). The summed E-state index contributed by atoms with van der Waals surface area (Å²) in [5.74, 6) is 1.05. The normalized spacial score (nSPS) is 12.3. The summed E-state index contributed by atoms with van der Waals surface area (Å²) in [5.41, 5.74) is 6.98. The molecule has 5 heteroatoms. The highest BCUT2D eigenvalue weighted by atomic mass is 15.2. The summed E-state index contributed by atoms with van der Waals surface area (Å²) < 4.78 is 0. The number of nitrogens with zero attached hydrogens (tertiary/aromatic N) is 3. The highest BCUT2D eigenvalue weighted by Crippen LogP contribution is 2.20. The molecule has 1 heterocycles. The van der Waals surface area contributed by atoms with Gasteiger partial charge in [0.25, 0.3) is 0 Å². The van der Waals surface area contributed by atoms with Gasteiger partial charge >= 0.3 is 0 Å². The lowest BCUT2D eigenvalue weighted by Crippen LogP contribution is -2.33. The van der Waals surface area contributed by atoms with Gasteiger partial charge in [-0.15, -0.1) is 0 Å². The first-order chi connectivity index (χ1) is 10.2. The number of hydrogen-bond acceptors (Lipinski definition) is 5. The number of hydrogen-bond donors (Lipinski definition) is 2. The topological polar surface area (TPSA) is 67.1 Å². The van der Waals surface area contributed by atoms with Gasteiger partial charge in [-0.05, 0) is 24.7 Å². The number of nitrogen functional groups attached to an aromatic ring is 1. The zero-order chi connectivity index (χ0) is 15.1. The van der Waals surface area contributed by atoms with Crippen molar-refractivity contribution in [1.82, 2.24) is 14.9 Å². The minimum atomic E-state index is 0.284. The third-order valence-electron chi connectivity index (χ3n) is 3.57. The molecule has 21 heavy (non-hydrogen) atoms. The molecule has 0 saturated carbocycles. The molecular formula is C16H23N5.